The lowest BCUT2D eigenvalue weighted by Crippen LogP contribution is -2.29. The van der Waals surface area contributed by atoms with E-state index in [0.29, 0.717) is 15.5 Å². The highest BCUT2D eigenvalue weighted by Crippen LogP contribution is 2.20. The predicted octanol–water partition coefficient (Wildman–Crippen LogP) is 5.42. The number of benzene rings is 2. The minimum Gasteiger partial charge on any atom is -0.372 e. The van der Waals surface area contributed by atoms with E-state index in [4.69, 9.17) is 11.6 Å². The van der Waals surface area contributed by atoms with Gasteiger partial charge in [-0.25, -0.2) is 4.21 Å². The van der Waals surface area contributed by atoms with Gasteiger partial charge in [-0.1, -0.05) is 29.5 Å². The highest BCUT2D eigenvalue weighted by molar-refractivity contribution is 7.93. The monoisotopic (exact) mass is 477 g/mol. The van der Waals surface area contributed by atoms with Crippen LogP contribution < -0.4 is 4.90 Å². The van der Waals surface area contributed by atoms with Gasteiger partial charge in [-0.05, 0) is 67.8 Å². The van der Waals surface area contributed by atoms with Gasteiger partial charge in [-0.15, -0.1) is 0 Å². The van der Waals surface area contributed by atoms with Crippen LogP contribution in [-0.2, 0) is 9.73 Å². The van der Waals surface area contributed by atoms with Crippen LogP contribution in [0, 0.1) is 11.8 Å². The number of amides is 1. The van der Waals surface area contributed by atoms with E-state index in [1.807, 2.05) is 12.1 Å². The average molecular weight is 478 g/mol. The van der Waals surface area contributed by atoms with Crippen LogP contribution in [0.4, 0.5) is 5.69 Å². The predicted molar refractivity (Wildman–Crippen MR) is 133 cm³/mol. The summed E-state index contributed by atoms with van der Waals surface area (Å²) in [4.78, 5) is 19.6. The van der Waals surface area contributed by atoms with Crippen molar-refractivity contribution in [2.75, 3.05) is 24.2 Å². The standard InChI is InChI=1S/C26H24ClN3O2S/c1-33(32,25-7-5-6-23(27)17-25)29-26(31)22-16-21(18-28-19-22)9-8-20-10-12-24(13-11-20)30-14-3-2-4-15-30/h5-7,10-13,16-19H,2-4,14-15H2,1H3. The number of aromatic nitrogens is 1. The molecular formula is C26H24ClN3O2S. The Bertz CT molecular complexity index is 1340. The Kier molecular flexibility index (Phi) is 7.12. The van der Waals surface area contributed by atoms with E-state index in [-0.39, 0.29) is 5.56 Å². The fraction of sp³-hybridized carbons (Fsp3) is 0.231. The van der Waals surface area contributed by atoms with Crippen LogP contribution in [0.5, 0.6) is 0 Å². The summed E-state index contributed by atoms with van der Waals surface area (Å²) < 4.78 is 16.9. The fourth-order valence-corrected chi connectivity index (χ4v) is 5.10. The quantitative estimate of drug-likeness (QED) is 0.472. The van der Waals surface area contributed by atoms with Crippen LogP contribution in [0.25, 0.3) is 0 Å². The summed E-state index contributed by atoms with van der Waals surface area (Å²) in [6, 6.07) is 16.4. The van der Waals surface area contributed by atoms with E-state index in [2.05, 4.69) is 38.2 Å². The van der Waals surface area contributed by atoms with Gasteiger partial charge in [0.15, 0.2) is 0 Å². The molecule has 1 unspecified atom stereocenters. The number of halogens is 1. The molecule has 3 aromatic rings. The first-order valence-corrected chi connectivity index (χ1v) is 13.0. The third-order valence-corrected chi connectivity index (χ3v) is 7.29. The van der Waals surface area contributed by atoms with Gasteiger partial charge in [-0.3, -0.25) is 9.78 Å². The van der Waals surface area contributed by atoms with Crippen molar-refractivity contribution < 1.29 is 9.00 Å². The molecule has 1 saturated heterocycles. The summed E-state index contributed by atoms with van der Waals surface area (Å²) in [7, 11) is -2.94. The zero-order valence-electron chi connectivity index (χ0n) is 18.3. The number of anilines is 1. The molecule has 33 heavy (non-hydrogen) atoms. The molecule has 1 aromatic heterocycles. The van der Waals surface area contributed by atoms with Gasteiger partial charge >= 0.3 is 0 Å². The summed E-state index contributed by atoms with van der Waals surface area (Å²) in [6.45, 7) is 2.20. The molecule has 1 fully saturated rings. The lowest BCUT2D eigenvalue weighted by Gasteiger charge is -2.28. The van der Waals surface area contributed by atoms with Crippen LogP contribution in [-0.4, -0.2) is 34.4 Å². The largest absolute Gasteiger partial charge is 0.372 e. The number of carbonyl (C=O) groups excluding carboxylic acids is 1. The molecule has 168 valence electrons. The van der Waals surface area contributed by atoms with E-state index in [1.54, 1.807) is 36.5 Å². The number of nitrogens with zero attached hydrogens (tertiary/aromatic N) is 3. The molecule has 0 aliphatic carbocycles. The van der Waals surface area contributed by atoms with Crippen molar-refractivity contribution >= 4 is 32.9 Å². The normalized spacial score (nSPS) is 15.2. The van der Waals surface area contributed by atoms with Crippen LogP contribution in [0.15, 0.2) is 76.2 Å². The zero-order chi connectivity index (χ0) is 23.3. The zero-order valence-corrected chi connectivity index (χ0v) is 19.9. The minimum atomic E-state index is -2.94. The van der Waals surface area contributed by atoms with Crippen molar-refractivity contribution in [3.8, 4) is 11.8 Å². The van der Waals surface area contributed by atoms with Crippen molar-refractivity contribution in [1.82, 2.24) is 4.98 Å². The Hall–Kier alpha value is -3.14. The summed E-state index contributed by atoms with van der Waals surface area (Å²) in [6.07, 6.45) is 8.19. The van der Waals surface area contributed by atoms with Crippen LogP contribution in [0.3, 0.4) is 0 Å². The SMILES string of the molecule is CS(=O)(=NC(=O)c1cncc(C#Cc2ccc(N3CCCCC3)cc2)c1)c1cccc(Cl)c1. The molecule has 0 saturated carbocycles. The molecule has 0 bridgehead atoms. The average Bonchev–Trinajstić information content (AvgIpc) is 2.83. The third-order valence-electron chi connectivity index (χ3n) is 5.42. The van der Waals surface area contributed by atoms with Crippen LogP contribution in [0.1, 0.15) is 40.7 Å². The molecule has 1 aliphatic rings. The first-order chi connectivity index (χ1) is 15.9. The Labute approximate surface area is 200 Å². The van der Waals surface area contributed by atoms with Crippen LogP contribution >= 0.6 is 11.6 Å². The molecule has 0 spiro atoms. The van der Waals surface area contributed by atoms with E-state index in [1.165, 1.54) is 37.4 Å². The second-order valence-electron chi connectivity index (χ2n) is 7.96. The third kappa shape index (κ3) is 6.01. The van der Waals surface area contributed by atoms with Gasteiger partial charge < -0.3 is 4.90 Å². The van der Waals surface area contributed by atoms with Gasteiger partial charge in [0.1, 0.15) is 0 Å². The molecule has 0 N–H and O–H groups in total. The number of pyridine rings is 1. The smallest absolute Gasteiger partial charge is 0.286 e. The molecule has 1 atom stereocenters. The fourth-order valence-electron chi connectivity index (χ4n) is 3.64. The van der Waals surface area contributed by atoms with E-state index < -0.39 is 15.6 Å². The van der Waals surface area contributed by atoms with Gasteiger partial charge in [0, 0.05) is 58.5 Å². The first kappa shape index (κ1) is 23.0. The van der Waals surface area contributed by atoms with E-state index >= 15 is 0 Å². The second-order valence-corrected chi connectivity index (χ2v) is 10.7. The topological polar surface area (TPSA) is 62.6 Å². The van der Waals surface area contributed by atoms with Crippen molar-refractivity contribution in [2.45, 2.75) is 24.2 Å². The summed E-state index contributed by atoms with van der Waals surface area (Å²) in [5.74, 6) is 5.56. The molecule has 2 aromatic carbocycles. The van der Waals surface area contributed by atoms with Crippen molar-refractivity contribution in [3.05, 3.63) is 88.7 Å². The molecule has 0 radical (unpaired) electrons. The van der Waals surface area contributed by atoms with Gasteiger partial charge in [0.05, 0.1) is 15.3 Å². The lowest BCUT2D eigenvalue weighted by atomic mass is 10.1. The van der Waals surface area contributed by atoms with E-state index in [9.17, 15) is 9.00 Å². The maximum absolute atomic E-state index is 13.0. The Balaban J connectivity index is 1.51. The molecule has 4 rings (SSSR count). The van der Waals surface area contributed by atoms with Gasteiger partial charge in [0.25, 0.3) is 5.91 Å². The second kappa shape index (κ2) is 10.2. The summed E-state index contributed by atoms with van der Waals surface area (Å²) in [5, 5.41) is 0.438. The first-order valence-electron chi connectivity index (χ1n) is 10.7. The maximum Gasteiger partial charge on any atom is 0.286 e. The number of hydrogen-bond acceptors (Lipinski definition) is 4. The molecule has 5 nitrogen and oxygen atoms in total. The highest BCUT2D eigenvalue weighted by Gasteiger charge is 2.13. The summed E-state index contributed by atoms with van der Waals surface area (Å²) in [5.41, 5.74) is 2.93. The Morgan fingerprint density at radius 2 is 1.73 bits per heavy atom. The highest BCUT2D eigenvalue weighted by atomic mass is 35.5. The Morgan fingerprint density at radius 3 is 2.45 bits per heavy atom. The van der Waals surface area contributed by atoms with Gasteiger partial charge in [0.2, 0.25) is 0 Å². The van der Waals surface area contributed by atoms with Crippen molar-refractivity contribution in [2.24, 2.45) is 4.36 Å². The molecule has 1 aliphatic heterocycles. The molecular weight excluding hydrogens is 454 g/mol. The minimum absolute atomic E-state index is 0.235. The van der Waals surface area contributed by atoms with Crippen molar-refractivity contribution in [3.63, 3.8) is 0 Å². The number of piperidine rings is 1. The van der Waals surface area contributed by atoms with Gasteiger partial charge in [-0.2, -0.15) is 4.36 Å². The van der Waals surface area contributed by atoms with Crippen molar-refractivity contribution in [1.29, 1.82) is 0 Å². The number of carbonyl (C=O) groups is 1. The molecule has 7 heteroatoms. The molecule has 2 heterocycles. The lowest BCUT2D eigenvalue weighted by molar-refractivity contribution is 0.100. The number of rotatable bonds is 3. The van der Waals surface area contributed by atoms with E-state index in [0.717, 1.165) is 18.7 Å². The number of hydrogen-bond donors (Lipinski definition) is 0. The molecule has 1 amide bonds. The van der Waals surface area contributed by atoms with Crippen LogP contribution in [0.2, 0.25) is 5.02 Å². The maximum atomic E-state index is 13.0. The summed E-state index contributed by atoms with van der Waals surface area (Å²) >= 11 is 5.98. The Morgan fingerprint density at radius 1 is 1.00 bits per heavy atom.